The second-order valence-electron chi connectivity index (χ2n) is 6.20. The van der Waals surface area contributed by atoms with E-state index in [0.717, 1.165) is 17.5 Å². The highest BCUT2D eigenvalue weighted by Crippen LogP contribution is 2.24. The minimum Gasteiger partial charge on any atom is -0.326 e. The predicted molar refractivity (Wildman–Crippen MR) is 98.3 cm³/mol. The average Bonchev–Trinajstić information content (AvgIpc) is 2.61. The molecule has 2 heteroatoms. The van der Waals surface area contributed by atoms with Crippen molar-refractivity contribution in [2.75, 3.05) is 0 Å². The molecule has 0 fully saturated rings. The van der Waals surface area contributed by atoms with Gasteiger partial charge in [0.1, 0.15) is 5.82 Å². The lowest BCUT2D eigenvalue weighted by molar-refractivity contribution is 0.608. The second-order valence-corrected chi connectivity index (χ2v) is 6.20. The van der Waals surface area contributed by atoms with Crippen LogP contribution in [0.4, 0.5) is 4.39 Å². The molecule has 3 rings (SSSR count). The molecule has 1 nitrogen and oxygen atoms in total. The van der Waals surface area contributed by atoms with Gasteiger partial charge < -0.3 is 5.73 Å². The topological polar surface area (TPSA) is 26.0 Å². The van der Waals surface area contributed by atoms with E-state index in [2.05, 4.69) is 49.4 Å². The van der Waals surface area contributed by atoms with Crippen molar-refractivity contribution < 1.29 is 4.39 Å². The molecule has 3 aromatic carbocycles. The standard InChI is InChI=1S/C22H22FN/c1-16-12-18(8-11-20-4-2-3-5-22(20)23)14-21(13-16)19-9-6-17(15-24)7-10-19/h2-7,9-10,12-14H,8,11,15,24H2,1H3. The fraction of sp³-hybridized carbons (Fsp3) is 0.182. The fourth-order valence-electron chi connectivity index (χ4n) is 2.99. The molecule has 0 amide bonds. The van der Waals surface area contributed by atoms with Crippen LogP contribution in [0.5, 0.6) is 0 Å². The maximum atomic E-state index is 13.8. The highest BCUT2D eigenvalue weighted by Gasteiger charge is 2.05. The molecular weight excluding hydrogens is 297 g/mol. The van der Waals surface area contributed by atoms with Crippen LogP contribution in [-0.4, -0.2) is 0 Å². The molecule has 0 spiro atoms. The highest BCUT2D eigenvalue weighted by molar-refractivity contribution is 5.65. The molecule has 0 bridgehead atoms. The molecule has 0 aliphatic heterocycles. The number of hydrogen-bond donors (Lipinski definition) is 1. The Morgan fingerprint density at radius 1 is 0.792 bits per heavy atom. The van der Waals surface area contributed by atoms with Gasteiger partial charge in [0.25, 0.3) is 0 Å². The summed E-state index contributed by atoms with van der Waals surface area (Å²) >= 11 is 0. The van der Waals surface area contributed by atoms with Crippen molar-refractivity contribution in [1.82, 2.24) is 0 Å². The molecule has 0 aliphatic rings. The molecule has 0 heterocycles. The van der Waals surface area contributed by atoms with Crippen molar-refractivity contribution in [2.24, 2.45) is 5.73 Å². The maximum Gasteiger partial charge on any atom is 0.126 e. The van der Waals surface area contributed by atoms with Crippen LogP contribution in [0.1, 0.15) is 22.3 Å². The van der Waals surface area contributed by atoms with Crippen LogP contribution < -0.4 is 5.73 Å². The van der Waals surface area contributed by atoms with Crippen LogP contribution >= 0.6 is 0 Å². The third-order valence-electron chi connectivity index (χ3n) is 4.30. The van der Waals surface area contributed by atoms with E-state index in [9.17, 15) is 4.39 Å². The summed E-state index contributed by atoms with van der Waals surface area (Å²) in [7, 11) is 0. The Bertz CT molecular complexity index is 822. The zero-order chi connectivity index (χ0) is 16.9. The van der Waals surface area contributed by atoms with Gasteiger partial charge in [-0.1, -0.05) is 66.2 Å². The van der Waals surface area contributed by atoms with Gasteiger partial charge in [0.15, 0.2) is 0 Å². The van der Waals surface area contributed by atoms with Gasteiger partial charge in [-0.05, 0) is 53.6 Å². The summed E-state index contributed by atoms with van der Waals surface area (Å²) in [6, 6.07) is 21.9. The van der Waals surface area contributed by atoms with Crippen LogP contribution in [-0.2, 0) is 19.4 Å². The van der Waals surface area contributed by atoms with Crippen molar-refractivity contribution in [3.63, 3.8) is 0 Å². The number of hydrogen-bond acceptors (Lipinski definition) is 1. The van der Waals surface area contributed by atoms with Crippen LogP contribution in [0.2, 0.25) is 0 Å². The Hall–Kier alpha value is -2.45. The third kappa shape index (κ3) is 3.90. The van der Waals surface area contributed by atoms with Crippen LogP contribution in [0, 0.1) is 12.7 Å². The van der Waals surface area contributed by atoms with E-state index in [0.29, 0.717) is 13.0 Å². The van der Waals surface area contributed by atoms with Crippen molar-refractivity contribution >= 4 is 0 Å². The van der Waals surface area contributed by atoms with Crippen molar-refractivity contribution in [3.05, 3.63) is 94.8 Å². The first-order valence-corrected chi connectivity index (χ1v) is 8.29. The number of rotatable bonds is 5. The van der Waals surface area contributed by atoms with Gasteiger partial charge in [-0.15, -0.1) is 0 Å². The lowest BCUT2D eigenvalue weighted by Gasteiger charge is -2.09. The molecule has 0 aliphatic carbocycles. The molecule has 122 valence electrons. The van der Waals surface area contributed by atoms with E-state index < -0.39 is 0 Å². The first-order valence-electron chi connectivity index (χ1n) is 8.29. The Labute approximate surface area is 143 Å². The smallest absolute Gasteiger partial charge is 0.126 e. The summed E-state index contributed by atoms with van der Waals surface area (Å²) in [6.07, 6.45) is 1.54. The number of nitrogens with two attached hydrogens (primary N) is 1. The summed E-state index contributed by atoms with van der Waals surface area (Å²) < 4.78 is 13.8. The molecule has 0 saturated carbocycles. The van der Waals surface area contributed by atoms with Crippen molar-refractivity contribution in [1.29, 1.82) is 0 Å². The first kappa shape index (κ1) is 16.4. The lowest BCUT2D eigenvalue weighted by atomic mass is 9.96. The molecule has 2 N–H and O–H groups in total. The Morgan fingerprint density at radius 3 is 2.25 bits per heavy atom. The Morgan fingerprint density at radius 2 is 1.54 bits per heavy atom. The molecule has 0 aromatic heterocycles. The Kier molecular flexibility index (Phi) is 5.07. The zero-order valence-corrected chi connectivity index (χ0v) is 13.9. The van der Waals surface area contributed by atoms with E-state index in [1.807, 2.05) is 12.1 Å². The minimum absolute atomic E-state index is 0.122. The fourth-order valence-corrected chi connectivity index (χ4v) is 2.99. The number of aryl methyl sites for hydroxylation is 3. The molecular formula is C22H22FN. The molecule has 3 aromatic rings. The Balaban J connectivity index is 1.82. The van der Waals surface area contributed by atoms with Gasteiger partial charge in [0.2, 0.25) is 0 Å². The maximum absolute atomic E-state index is 13.8. The van der Waals surface area contributed by atoms with E-state index in [1.165, 1.54) is 28.3 Å². The quantitative estimate of drug-likeness (QED) is 0.700. The largest absolute Gasteiger partial charge is 0.326 e. The summed E-state index contributed by atoms with van der Waals surface area (Å²) in [4.78, 5) is 0. The van der Waals surface area contributed by atoms with Crippen molar-refractivity contribution in [2.45, 2.75) is 26.3 Å². The highest BCUT2D eigenvalue weighted by atomic mass is 19.1. The number of halogens is 1. The third-order valence-corrected chi connectivity index (χ3v) is 4.30. The van der Waals surface area contributed by atoms with Gasteiger partial charge in [-0.3, -0.25) is 0 Å². The van der Waals surface area contributed by atoms with Gasteiger partial charge in [-0.25, -0.2) is 4.39 Å². The predicted octanol–water partition coefficient (Wildman–Crippen LogP) is 5.05. The lowest BCUT2D eigenvalue weighted by Crippen LogP contribution is -1.96. The van der Waals surface area contributed by atoms with Crippen LogP contribution in [0.15, 0.2) is 66.7 Å². The van der Waals surface area contributed by atoms with Crippen molar-refractivity contribution in [3.8, 4) is 11.1 Å². The van der Waals surface area contributed by atoms with Gasteiger partial charge >= 0.3 is 0 Å². The van der Waals surface area contributed by atoms with E-state index in [-0.39, 0.29) is 5.82 Å². The van der Waals surface area contributed by atoms with Crippen LogP contribution in [0.3, 0.4) is 0 Å². The average molecular weight is 319 g/mol. The van der Waals surface area contributed by atoms with Gasteiger partial charge in [0.05, 0.1) is 0 Å². The van der Waals surface area contributed by atoms with E-state index in [4.69, 9.17) is 5.73 Å². The minimum atomic E-state index is -0.122. The molecule has 0 unspecified atom stereocenters. The zero-order valence-electron chi connectivity index (χ0n) is 13.9. The SMILES string of the molecule is Cc1cc(CCc2ccccc2F)cc(-c2ccc(CN)cc2)c1. The normalized spacial score (nSPS) is 10.8. The second kappa shape index (κ2) is 7.41. The number of benzene rings is 3. The van der Waals surface area contributed by atoms with E-state index in [1.54, 1.807) is 6.07 Å². The van der Waals surface area contributed by atoms with Gasteiger partial charge in [0, 0.05) is 6.54 Å². The monoisotopic (exact) mass is 319 g/mol. The first-order chi connectivity index (χ1) is 11.7. The molecule has 0 radical (unpaired) electrons. The molecule has 0 atom stereocenters. The van der Waals surface area contributed by atoms with Crippen LogP contribution in [0.25, 0.3) is 11.1 Å². The van der Waals surface area contributed by atoms with Gasteiger partial charge in [-0.2, -0.15) is 0 Å². The van der Waals surface area contributed by atoms with E-state index >= 15 is 0 Å². The summed E-state index contributed by atoms with van der Waals surface area (Å²) in [6.45, 7) is 2.66. The molecule has 24 heavy (non-hydrogen) atoms. The summed E-state index contributed by atoms with van der Waals surface area (Å²) in [5.41, 5.74) is 12.4. The summed E-state index contributed by atoms with van der Waals surface area (Å²) in [5, 5.41) is 0. The summed E-state index contributed by atoms with van der Waals surface area (Å²) in [5.74, 6) is -0.122. The molecule has 0 saturated heterocycles.